The number of amides is 1. The van der Waals surface area contributed by atoms with Gasteiger partial charge in [-0.25, -0.2) is 9.97 Å². The van der Waals surface area contributed by atoms with Crippen molar-refractivity contribution in [2.45, 2.75) is 20.4 Å². The maximum absolute atomic E-state index is 12.3. The van der Waals surface area contributed by atoms with E-state index in [1.54, 1.807) is 41.1 Å². The van der Waals surface area contributed by atoms with E-state index in [4.69, 9.17) is 0 Å². The van der Waals surface area contributed by atoms with Gasteiger partial charge in [0.1, 0.15) is 5.82 Å². The van der Waals surface area contributed by atoms with Crippen molar-refractivity contribution in [1.82, 2.24) is 14.9 Å². The average Bonchev–Trinajstić information content (AvgIpc) is 2.85. The molecule has 0 atom stereocenters. The molecule has 6 heteroatoms. The molecule has 2 heterocycles. The summed E-state index contributed by atoms with van der Waals surface area (Å²) in [6.45, 7) is 5.35. The summed E-state index contributed by atoms with van der Waals surface area (Å²) in [5.74, 6) is 0.748. The molecule has 0 saturated carbocycles. The molecule has 0 bridgehead atoms. The SMILES string of the molecule is CCNc1ccc(C(=O)N(C)Cc2scnc2C)cn1. The van der Waals surface area contributed by atoms with Crippen LogP contribution in [0.1, 0.15) is 27.9 Å². The molecule has 2 aromatic heterocycles. The fourth-order valence-electron chi connectivity index (χ4n) is 1.79. The molecular weight excluding hydrogens is 272 g/mol. The Morgan fingerprint density at radius 3 is 2.75 bits per heavy atom. The van der Waals surface area contributed by atoms with E-state index in [2.05, 4.69) is 15.3 Å². The molecule has 2 aromatic rings. The Labute approximate surface area is 122 Å². The molecule has 2 rings (SSSR count). The number of carbonyl (C=O) groups is 1. The van der Waals surface area contributed by atoms with Crippen LogP contribution in [0.3, 0.4) is 0 Å². The van der Waals surface area contributed by atoms with Crippen LogP contribution in [0.25, 0.3) is 0 Å². The highest BCUT2D eigenvalue weighted by atomic mass is 32.1. The lowest BCUT2D eigenvalue weighted by molar-refractivity contribution is 0.0786. The molecule has 0 aliphatic rings. The van der Waals surface area contributed by atoms with E-state index in [0.717, 1.165) is 22.9 Å². The second-order valence-electron chi connectivity index (χ2n) is 4.48. The first-order valence-corrected chi connectivity index (χ1v) is 7.34. The Morgan fingerprint density at radius 1 is 1.40 bits per heavy atom. The minimum absolute atomic E-state index is 0.0339. The van der Waals surface area contributed by atoms with Crippen LogP contribution in [0.4, 0.5) is 5.82 Å². The van der Waals surface area contributed by atoms with Gasteiger partial charge in [-0.3, -0.25) is 4.79 Å². The summed E-state index contributed by atoms with van der Waals surface area (Å²) >= 11 is 1.57. The van der Waals surface area contributed by atoms with Gasteiger partial charge in [0.2, 0.25) is 0 Å². The molecule has 0 saturated heterocycles. The molecule has 0 radical (unpaired) electrons. The molecule has 0 aliphatic carbocycles. The number of hydrogen-bond donors (Lipinski definition) is 1. The van der Waals surface area contributed by atoms with Crippen LogP contribution < -0.4 is 5.32 Å². The highest BCUT2D eigenvalue weighted by Crippen LogP contribution is 2.16. The normalized spacial score (nSPS) is 10.3. The third-order valence-electron chi connectivity index (χ3n) is 2.94. The molecule has 5 nitrogen and oxygen atoms in total. The second-order valence-corrected chi connectivity index (χ2v) is 5.42. The maximum Gasteiger partial charge on any atom is 0.255 e. The van der Waals surface area contributed by atoms with E-state index in [0.29, 0.717) is 12.1 Å². The summed E-state index contributed by atoms with van der Waals surface area (Å²) in [4.78, 5) is 23.5. The molecule has 0 aliphatic heterocycles. The molecule has 0 aromatic carbocycles. The lowest BCUT2D eigenvalue weighted by atomic mass is 10.2. The van der Waals surface area contributed by atoms with Crippen molar-refractivity contribution in [2.75, 3.05) is 18.9 Å². The van der Waals surface area contributed by atoms with Crippen LogP contribution in [0, 0.1) is 6.92 Å². The predicted molar refractivity (Wildman–Crippen MR) is 81.0 cm³/mol. The second kappa shape index (κ2) is 6.47. The van der Waals surface area contributed by atoms with Crippen LogP contribution in [-0.4, -0.2) is 34.4 Å². The number of aromatic nitrogens is 2. The van der Waals surface area contributed by atoms with Crippen LogP contribution in [0.2, 0.25) is 0 Å². The van der Waals surface area contributed by atoms with Gasteiger partial charge in [0, 0.05) is 24.7 Å². The summed E-state index contributed by atoms with van der Waals surface area (Å²) in [7, 11) is 1.79. The Hall–Kier alpha value is -1.95. The van der Waals surface area contributed by atoms with E-state index in [1.807, 2.05) is 19.9 Å². The number of pyridine rings is 1. The number of anilines is 1. The summed E-state index contributed by atoms with van der Waals surface area (Å²) in [5.41, 5.74) is 3.38. The van der Waals surface area contributed by atoms with Crippen molar-refractivity contribution >= 4 is 23.1 Å². The van der Waals surface area contributed by atoms with Gasteiger partial charge in [-0.1, -0.05) is 0 Å². The highest BCUT2D eigenvalue weighted by molar-refractivity contribution is 7.09. The maximum atomic E-state index is 12.3. The molecule has 0 unspecified atom stereocenters. The van der Waals surface area contributed by atoms with Gasteiger partial charge in [0.25, 0.3) is 5.91 Å². The number of nitrogens with zero attached hydrogens (tertiary/aromatic N) is 3. The molecule has 106 valence electrons. The highest BCUT2D eigenvalue weighted by Gasteiger charge is 2.14. The Kier molecular flexibility index (Phi) is 4.68. The van der Waals surface area contributed by atoms with Crippen molar-refractivity contribution in [2.24, 2.45) is 0 Å². The van der Waals surface area contributed by atoms with Crippen molar-refractivity contribution in [3.8, 4) is 0 Å². The first-order valence-electron chi connectivity index (χ1n) is 6.46. The predicted octanol–water partition coefficient (Wildman–Crippen LogP) is 2.55. The van der Waals surface area contributed by atoms with Crippen molar-refractivity contribution in [1.29, 1.82) is 0 Å². The fraction of sp³-hybridized carbons (Fsp3) is 0.357. The molecule has 1 N–H and O–H groups in total. The van der Waals surface area contributed by atoms with Crippen LogP contribution in [-0.2, 0) is 6.54 Å². The van der Waals surface area contributed by atoms with Gasteiger partial charge in [0.15, 0.2) is 0 Å². The van der Waals surface area contributed by atoms with Gasteiger partial charge in [-0.2, -0.15) is 0 Å². The standard InChI is InChI=1S/C14H18N4OS/c1-4-15-13-6-5-11(7-16-13)14(19)18(3)8-12-10(2)17-9-20-12/h5-7,9H,4,8H2,1-3H3,(H,15,16). The monoisotopic (exact) mass is 290 g/mol. The van der Waals surface area contributed by atoms with Crippen LogP contribution in [0.15, 0.2) is 23.8 Å². The van der Waals surface area contributed by atoms with E-state index in [-0.39, 0.29) is 5.91 Å². The van der Waals surface area contributed by atoms with E-state index < -0.39 is 0 Å². The number of rotatable bonds is 5. The summed E-state index contributed by atoms with van der Waals surface area (Å²) in [6.07, 6.45) is 1.61. The topological polar surface area (TPSA) is 58.1 Å². The molecule has 1 amide bonds. The number of hydrogen-bond acceptors (Lipinski definition) is 5. The third kappa shape index (κ3) is 3.33. The summed E-state index contributed by atoms with van der Waals surface area (Å²) < 4.78 is 0. The van der Waals surface area contributed by atoms with E-state index in [1.165, 1.54) is 0 Å². The van der Waals surface area contributed by atoms with Crippen molar-refractivity contribution in [3.05, 3.63) is 40.0 Å². The van der Waals surface area contributed by atoms with Crippen LogP contribution >= 0.6 is 11.3 Å². The first-order chi connectivity index (χ1) is 9.61. The zero-order valence-electron chi connectivity index (χ0n) is 11.9. The fourth-order valence-corrected chi connectivity index (χ4v) is 2.62. The zero-order valence-corrected chi connectivity index (χ0v) is 12.7. The first kappa shape index (κ1) is 14.5. The van der Waals surface area contributed by atoms with Crippen molar-refractivity contribution < 1.29 is 4.79 Å². The molecular formula is C14H18N4OS. The minimum atomic E-state index is -0.0339. The van der Waals surface area contributed by atoms with Crippen molar-refractivity contribution in [3.63, 3.8) is 0 Å². The molecule has 0 spiro atoms. The van der Waals surface area contributed by atoms with E-state index >= 15 is 0 Å². The van der Waals surface area contributed by atoms with E-state index in [9.17, 15) is 4.79 Å². The van der Waals surface area contributed by atoms with Gasteiger partial charge in [-0.15, -0.1) is 11.3 Å². The lowest BCUT2D eigenvalue weighted by Gasteiger charge is -2.16. The largest absolute Gasteiger partial charge is 0.370 e. The van der Waals surface area contributed by atoms with Gasteiger partial charge < -0.3 is 10.2 Å². The van der Waals surface area contributed by atoms with Gasteiger partial charge >= 0.3 is 0 Å². The zero-order chi connectivity index (χ0) is 14.5. The number of carbonyl (C=O) groups excluding carboxylic acids is 1. The number of nitrogens with one attached hydrogen (secondary N) is 1. The average molecular weight is 290 g/mol. The minimum Gasteiger partial charge on any atom is -0.370 e. The van der Waals surface area contributed by atoms with Gasteiger partial charge in [0.05, 0.1) is 23.3 Å². The van der Waals surface area contributed by atoms with Gasteiger partial charge in [-0.05, 0) is 26.0 Å². The third-order valence-corrected chi connectivity index (χ3v) is 3.86. The number of thiazole rings is 1. The lowest BCUT2D eigenvalue weighted by Crippen LogP contribution is -2.26. The number of aryl methyl sites for hydroxylation is 1. The Bertz CT molecular complexity index is 579. The summed E-state index contributed by atoms with van der Waals surface area (Å²) in [6, 6.07) is 3.62. The Morgan fingerprint density at radius 2 is 2.20 bits per heavy atom. The summed E-state index contributed by atoms with van der Waals surface area (Å²) in [5, 5.41) is 3.10. The quantitative estimate of drug-likeness (QED) is 0.919. The smallest absolute Gasteiger partial charge is 0.255 e. The molecule has 20 heavy (non-hydrogen) atoms. The van der Waals surface area contributed by atoms with Crippen LogP contribution in [0.5, 0.6) is 0 Å². The Balaban J connectivity index is 2.04. The molecule has 0 fully saturated rings.